The fourth-order valence-electron chi connectivity index (χ4n) is 4.91. The summed E-state index contributed by atoms with van der Waals surface area (Å²) in [5, 5.41) is 0. The van der Waals surface area contributed by atoms with Crippen molar-refractivity contribution in [2.24, 2.45) is 0 Å². The van der Waals surface area contributed by atoms with Crippen LogP contribution in [0, 0.1) is 0 Å². The van der Waals surface area contributed by atoms with Gasteiger partial charge in [0, 0.05) is 51.9 Å². The molecule has 3 heterocycles. The summed E-state index contributed by atoms with van der Waals surface area (Å²) in [6.45, 7) is 2.56. The van der Waals surface area contributed by atoms with Gasteiger partial charge < -0.3 is 19.4 Å². The van der Waals surface area contributed by atoms with Crippen molar-refractivity contribution < 1.29 is 19.1 Å². The molecule has 0 aliphatic carbocycles. The first-order chi connectivity index (χ1) is 16.4. The minimum atomic E-state index is -0.866. The van der Waals surface area contributed by atoms with Crippen LogP contribution in [0.2, 0.25) is 0 Å². The molecule has 0 bridgehead atoms. The minimum absolute atomic E-state index is 0.0442. The third kappa shape index (κ3) is 4.90. The molecule has 180 valence electrons. The first-order valence-corrected chi connectivity index (χ1v) is 11.8. The molecule has 2 aromatic rings. The zero-order chi connectivity index (χ0) is 24.1. The molecule has 0 spiro atoms. The first kappa shape index (κ1) is 23.7. The Kier molecular flexibility index (Phi) is 7.14. The van der Waals surface area contributed by atoms with Gasteiger partial charge in [0.2, 0.25) is 11.8 Å². The van der Waals surface area contributed by atoms with E-state index in [1.54, 1.807) is 48.3 Å². The van der Waals surface area contributed by atoms with E-state index >= 15 is 0 Å². The molecule has 2 saturated heterocycles. The van der Waals surface area contributed by atoms with E-state index in [-0.39, 0.29) is 24.3 Å². The number of piperidine rings is 1. The molecule has 2 aliphatic heterocycles. The molecule has 4 rings (SSSR count). The van der Waals surface area contributed by atoms with Gasteiger partial charge in [0.25, 0.3) is 5.91 Å². The molecule has 1 aromatic heterocycles. The van der Waals surface area contributed by atoms with E-state index in [0.717, 1.165) is 13.0 Å². The second-order valence-corrected chi connectivity index (χ2v) is 9.19. The van der Waals surface area contributed by atoms with Crippen LogP contribution in [0.4, 0.5) is 0 Å². The van der Waals surface area contributed by atoms with Crippen LogP contribution in [0.1, 0.15) is 41.7 Å². The van der Waals surface area contributed by atoms with Crippen molar-refractivity contribution in [3.05, 3.63) is 59.9 Å². The largest absolute Gasteiger partial charge is 0.492 e. The summed E-state index contributed by atoms with van der Waals surface area (Å²) in [6.07, 6.45) is 4.55. The Morgan fingerprint density at radius 2 is 1.97 bits per heavy atom. The number of aromatic nitrogens is 1. The Balaban J connectivity index is 1.48. The van der Waals surface area contributed by atoms with Crippen LogP contribution in [0.3, 0.4) is 0 Å². The van der Waals surface area contributed by atoms with Crippen LogP contribution in [0.15, 0.2) is 48.7 Å². The SMILES string of the molecule is CN(C)C(=O)[C@@]1(c2ccccn2)CCCN(C(=O)c2cccc(OCCN3CCCC3=O)c2)C1. The van der Waals surface area contributed by atoms with Gasteiger partial charge in [0.15, 0.2) is 0 Å². The van der Waals surface area contributed by atoms with Crippen molar-refractivity contribution in [1.29, 1.82) is 0 Å². The highest BCUT2D eigenvalue weighted by molar-refractivity contribution is 5.96. The van der Waals surface area contributed by atoms with Gasteiger partial charge in [0.1, 0.15) is 17.8 Å². The van der Waals surface area contributed by atoms with Gasteiger partial charge in [-0.3, -0.25) is 19.4 Å². The molecule has 2 fully saturated rings. The smallest absolute Gasteiger partial charge is 0.254 e. The number of ether oxygens (including phenoxy) is 1. The summed E-state index contributed by atoms with van der Waals surface area (Å²) >= 11 is 0. The third-order valence-electron chi connectivity index (χ3n) is 6.63. The number of likely N-dealkylation sites (tertiary alicyclic amines) is 2. The number of hydrogen-bond acceptors (Lipinski definition) is 5. The Bertz CT molecular complexity index is 1040. The fourth-order valence-corrected chi connectivity index (χ4v) is 4.91. The molecule has 0 N–H and O–H groups in total. The van der Waals surface area contributed by atoms with Crippen molar-refractivity contribution in [2.45, 2.75) is 31.1 Å². The lowest BCUT2D eigenvalue weighted by Gasteiger charge is -2.42. The summed E-state index contributed by atoms with van der Waals surface area (Å²) in [4.78, 5) is 48.2. The van der Waals surface area contributed by atoms with Crippen LogP contribution in [0.5, 0.6) is 5.75 Å². The Labute approximate surface area is 200 Å². The van der Waals surface area contributed by atoms with E-state index in [4.69, 9.17) is 4.74 Å². The number of hydrogen-bond donors (Lipinski definition) is 0. The molecule has 0 unspecified atom stereocenters. The van der Waals surface area contributed by atoms with Gasteiger partial charge in [-0.1, -0.05) is 12.1 Å². The predicted molar refractivity (Wildman–Crippen MR) is 127 cm³/mol. The van der Waals surface area contributed by atoms with Crippen LogP contribution in [-0.4, -0.2) is 84.3 Å². The fraction of sp³-hybridized carbons (Fsp3) is 0.462. The number of carbonyl (C=O) groups is 3. The number of benzene rings is 1. The van der Waals surface area contributed by atoms with Gasteiger partial charge in [-0.25, -0.2) is 0 Å². The average Bonchev–Trinajstić information content (AvgIpc) is 3.28. The quantitative estimate of drug-likeness (QED) is 0.628. The maximum Gasteiger partial charge on any atom is 0.254 e. The monoisotopic (exact) mass is 464 g/mol. The number of pyridine rings is 1. The summed E-state index contributed by atoms with van der Waals surface area (Å²) in [7, 11) is 3.48. The number of nitrogens with zero attached hydrogens (tertiary/aromatic N) is 4. The summed E-state index contributed by atoms with van der Waals surface area (Å²) < 4.78 is 5.84. The average molecular weight is 465 g/mol. The number of rotatable bonds is 7. The molecule has 3 amide bonds. The topological polar surface area (TPSA) is 83.1 Å². The second-order valence-electron chi connectivity index (χ2n) is 9.19. The van der Waals surface area contributed by atoms with Gasteiger partial charge >= 0.3 is 0 Å². The number of likely N-dealkylation sites (N-methyl/N-ethyl adjacent to an activating group) is 1. The second kappa shape index (κ2) is 10.2. The summed E-state index contributed by atoms with van der Waals surface area (Å²) in [6, 6.07) is 12.7. The highest BCUT2D eigenvalue weighted by Gasteiger charge is 2.46. The molecular formula is C26H32N4O4. The van der Waals surface area contributed by atoms with Gasteiger partial charge in [-0.15, -0.1) is 0 Å². The normalized spacial score (nSPS) is 20.4. The van der Waals surface area contributed by atoms with Gasteiger partial charge in [-0.2, -0.15) is 0 Å². The Morgan fingerprint density at radius 3 is 2.68 bits per heavy atom. The Hall–Kier alpha value is -3.42. The molecule has 1 atom stereocenters. The lowest BCUT2D eigenvalue weighted by Crippen LogP contribution is -2.56. The highest BCUT2D eigenvalue weighted by atomic mass is 16.5. The summed E-state index contributed by atoms with van der Waals surface area (Å²) in [5.41, 5.74) is 0.346. The van der Waals surface area contributed by atoms with E-state index in [9.17, 15) is 14.4 Å². The minimum Gasteiger partial charge on any atom is -0.492 e. The molecule has 8 nitrogen and oxygen atoms in total. The lowest BCUT2D eigenvalue weighted by molar-refractivity contribution is -0.137. The molecule has 8 heteroatoms. The van der Waals surface area contributed by atoms with Crippen molar-refractivity contribution >= 4 is 17.7 Å². The predicted octanol–water partition coefficient (Wildman–Crippen LogP) is 2.34. The van der Waals surface area contributed by atoms with Crippen LogP contribution < -0.4 is 4.74 Å². The molecular weight excluding hydrogens is 432 g/mol. The van der Waals surface area contributed by atoms with Crippen LogP contribution in [0.25, 0.3) is 0 Å². The Morgan fingerprint density at radius 1 is 1.12 bits per heavy atom. The van der Waals surface area contributed by atoms with E-state index in [0.29, 0.717) is 56.0 Å². The zero-order valence-electron chi connectivity index (χ0n) is 19.9. The molecule has 0 saturated carbocycles. The van der Waals surface area contributed by atoms with E-state index < -0.39 is 5.41 Å². The van der Waals surface area contributed by atoms with Gasteiger partial charge in [-0.05, 0) is 49.6 Å². The standard InChI is InChI=1S/C26H32N4O4/c1-28(2)25(33)26(22-10-3-4-13-27-22)12-7-15-30(19-26)24(32)20-8-5-9-21(18-20)34-17-16-29-14-6-11-23(29)31/h3-5,8-10,13,18H,6-7,11-12,14-17,19H2,1-2H3/t26-/m0/s1. The van der Waals surface area contributed by atoms with Crippen molar-refractivity contribution in [1.82, 2.24) is 19.7 Å². The molecule has 1 aromatic carbocycles. The van der Waals surface area contributed by atoms with E-state index in [1.807, 2.05) is 29.2 Å². The highest BCUT2D eigenvalue weighted by Crippen LogP contribution is 2.35. The third-order valence-corrected chi connectivity index (χ3v) is 6.63. The molecule has 0 radical (unpaired) electrons. The number of carbonyl (C=O) groups excluding carboxylic acids is 3. The maximum absolute atomic E-state index is 13.5. The maximum atomic E-state index is 13.5. The molecule has 34 heavy (non-hydrogen) atoms. The van der Waals surface area contributed by atoms with Crippen molar-refractivity contribution in [2.75, 3.05) is 46.9 Å². The van der Waals surface area contributed by atoms with E-state index in [1.165, 1.54) is 0 Å². The molecule has 2 aliphatic rings. The van der Waals surface area contributed by atoms with Crippen molar-refractivity contribution in [3.63, 3.8) is 0 Å². The summed E-state index contributed by atoms with van der Waals surface area (Å²) in [5.74, 6) is 0.583. The lowest BCUT2D eigenvalue weighted by atomic mass is 9.75. The van der Waals surface area contributed by atoms with Crippen LogP contribution in [-0.2, 0) is 15.0 Å². The van der Waals surface area contributed by atoms with Gasteiger partial charge in [0.05, 0.1) is 12.2 Å². The van der Waals surface area contributed by atoms with E-state index in [2.05, 4.69) is 4.98 Å². The van der Waals surface area contributed by atoms with Crippen molar-refractivity contribution in [3.8, 4) is 5.75 Å². The number of amides is 3. The van der Waals surface area contributed by atoms with Crippen LogP contribution >= 0.6 is 0 Å². The zero-order valence-corrected chi connectivity index (χ0v) is 19.9. The first-order valence-electron chi connectivity index (χ1n) is 11.8.